The first-order valence-corrected chi connectivity index (χ1v) is 7.68. The Kier molecular flexibility index (Phi) is 8.26. The number of aryl methyl sites for hydroxylation is 1. The Balaban J connectivity index is 0.000000290. The first kappa shape index (κ1) is 20.3. The molecule has 0 saturated heterocycles. The summed E-state index contributed by atoms with van der Waals surface area (Å²) in [4.78, 5) is 33.0. The summed E-state index contributed by atoms with van der Waals surface area (Å²) in [6.07, 6.45) is 0. The maximum atomic E-state index is 11.9. The lowest BCUT2D eigenvalue weighted by Crippen LogP contribution is -2.22. The average molecular weight is 343 g/mol. The van der Waals surface area contributed by atoms with E-state index >= 15 is 0 Å². The standard InChI is InChI=1S/C12H10O4.C7H8.CH4O/c1-7-10(13)8-5-3-4-6-9(8)11(14)12(7)16-15-2;1-7-5-3-2-4-6-7;1-2/h3-6H,1-2H3;2-6H,1H3;2H,1H3/p+1. The fraction of sp³-hybridized carbons (Fsp3) is 0.200. The van der Waals surface area contributed by atoms with Gasteiger partial charge in [-0.2, -0.15) is 4.89 Å². The predicted octanol–water partition coefficient (Wildman–Crippen LogP) is 3.25. The summed E-state index contributed by atoms with van der Waals surface area (Å²) >= 11 is 0. The Hall–Kier alpha value is -2.76. The quantitative estimate of drug-likeness (QED) is 0.476. The molecule has 2 aromatic rings. The Morgan fingerprint density at radius 1 is 0.760 bits per heavy atom. The van der Waals surface area contributed by atoms with Crippen LogP contribution in [0.4, 0.5) is 0 Å². The van der Waals surface area contributed by atoms with Crippen LogP contribution in [0.3, 0.4) is 0 Å². The van der Waals surface area contributed by atoms with Crippen LogP contribution in [-0.2, 0) is 9.78 Å². The number of carbonyl (C=O) groups excluding carboxylic acids is 2. The molecule has 132 valence electrons. The van der Waals surface area contributed by atoms with Crippen LogP contribution < -0.4 is 0 Å². The van der Waals surface area contributed by atoms with Gasteiger partial charge in [0.2, 0.25) is 11.5 Å². The van der Waals surface area contributed by atoms with Crippen molar-refractivity contribution in [3.05, 3.63) is 82.6 Å². The molecule has 0 fully saturated rings. The van der Waals surface area contributed by atoms with Gasteiger partial charge in [-0.25, -0.2) is 0 Å². The van der Waals surface area contributed by atoms with Gasteiger partial charge in [-0.05, 0) is 13.8 Å². The topological polar surface area (TPSA) is 75.5 Å². The monoisotopic (exact) mass is 343 g/mol. The van der Waals surface area contributed by atoms with E-state index in [9.17, 15) is 9.59 Å². The van der Waals surface area contributed by atoms with Crippen molar-refractivity contribution in [2.45, 2.75) is 13.8 Å². The second-order valence-electron chi connectivity index (χ2n) is 5.06. The van der Waals surface area contributed by atoms with E-state index in [0.717, 1.165) is 0 Å². The molecule has 2 N–H and O–H groups in total. The van der Waals surface area contributed by atoms with Crippen LogP contribution in [0.15, 0.2) is 65.9 Å². The molecule has 0 aromatic heterocycles. The van der Waals surface area contributed by atoms with E-state index in [1.54, 1.807) is 31.2 Å². The summed E-state index contributed by atoms with van der Waals surface area (Å²) in [7, 11) is 2.54. The zero-order valence-electron chi connectivity index (χ0n) is 14.8. The van der Waals surface area contributed by atoms with Crippen molar-refractivity contribution in [3.8, 4) is 0 Å². The first-order chi connectivity index (χ1) is 12.1. The predicted molar refractivity (Wildman–Crippen MR) is 96.6 cm³/mol. The molecule has 0 saturated carbocycles. The molecule has 0 atom stereocenters. The zero-order valence-corrected chi connectivity index (χ0v) is 14.8. The van der Waals surface area contributed by atoms with E-state index < -0.39 is 0 Å². The molecule has 5 nitrogen and oxygen atoms in total. The Morgan fingerprint density at radius 2 is 1.24 bits per heavy atom. The number of benzene rings is 2. The van der Waals surface area contributed by atoms with E-state index in [-0.39, 0.29) is 22.9 Å². The van der Waals surface area contributed by atoms with Gasteiger partial charge in [-0.3, -0.25) is 9.59 Å². The summed E-state index contributed by atoms with van der Waals surface area (Å²) in [6.45, 7) is 3.63. The molecule has 0 heterocycles. The molecule has 0 spiro atoms. The lowest BCUT2D eigenvalue weighted by atomic mass is 9.89. The lowest BCUT2D eigenvalue weighted by Gasteiger charge is -2.16. The molecule has 5 heteroatoms. The van der Waals surface area contributed by atoms with Crippen LogP contribution in [0, 0.1) is 6.92 Å². The highest BCUT2D eigenvalue weighted by molar-refractivity contribution is 6.25. The van der Waals surface area contributed by atoms with Gasteiger partial charge in [0.05, 0.1) is 7.11 Å². The second-order valence-corrected chi connectivity index (χ2v) is 5.06. The highest BCUT2D eigenvalue weighted by Crippen LogP contribution is 2.26. The maximum Gasteiger partial charge on any atom is 0.232 e. The number of rotatable bonds is 2. The highest BCUT2D eigenvalue weighted by atomic mass is 17.2. The molecule has 0 amide bonds. The SMILES string of the molecule is COOC1=C(C)C(=O)c2ccccc2C1=O.C[OH2+].Cc1ccccc1. The van der Waals surface area contributed by atoms with Crippen molar-refractivity contribution in [2.24, 2.45) is 0 Å². The number of hydrogen-bond acceptors (Lipinski definition) is 4. The molecule has 2 aromatic carbocycles. The van der Waals surface area contributed by atoms with Gasteiger partial charge in [0.1, 0.15) is 7.11 Å². The van der Waals surface area contributed by atoms with Crippen molar-refractivity contribution < 1.29 is 24.5 Å². The number of hydrogen-bond donors (Lipinski definition) is 0. The molecule has 0 bridgehead atoms. The Morgan fingerprint density at radius 3 is 1.68 bits per heavy atom. The van der Waals surface area contributed by atoms with Gasteiger partial charge in [-0.1, -0.05) is 60.2 Å². The smallest absolute Gasteiger partial charge is 0.232 e. The fourth-order valence-corrected chi connectivity index (χ4v) is 2.19. The number of carbonyl (C=O) groups is 2. The van der Waals surface area contributed by atoms with Crippen LogP contribution in [-0.4, -0.2) is 30.9 Å². The molecule has 1 aliphatic rings. The van der Waals surface area contributed by atoms with Gasteiger partial charge in [0.15, 0.2) is 5.78 Å². The Bertz CT molecular complexity index is 748. The van der Waals surface area contributed by atoms with Gasteiger partial charge < -0.3 is 9.99 Å². The molecule has 3 rings (SSSR count). The van der Waals surface area contributed by atoms with Crippen molar-refractivity contribution >= 4 is 11.6 Å². The summed E-state index contributed by atoms with van der Waals surface area (Å²) in [5, 5.41) is 5.75. The summed E-state index contributed by atoms with van der Waals surface area (Å²) in [5.74, 6) is -0.567. The highest BCUT2D eigenvalue weighted by Gasteiger charge is 2.31. The molecule has 1 aliphatic carbocycles. The third-order valence-corrected chi connectivity index (χ3v) is 3.41. The van der Waals surface area contributed by atoms with Gasteiger partial charge in [-0.15, -0.1) is 0 Å². The molecular weight excluding hydrogens is 320 g/mol. The van der Waals surface area contributed by atoms with E-state index in [0.29, 0.717) is 11.1 Å². The van der Waals surface area contributed by atoms with Crippen molar-refractivity contribution in [2.75, 3.05) is 14.2 Å². The van der Waals surface area contributed by atoms with Gasteiger partial charge in [0.25, 0.3) is 0 Å². The number of allylic oxidation sites excluding steroid dienone is 2. The second kappa shape index (κ2) is 10.2. The average Bonchev–Trinajstić information content (AvgIpc) is 2.66. The Labute approximate surface area is 147 Å². The molecule has 0 radical (unpaired) electrons. The third kappa shape index (κ3) is 5.11. The van der Waals surface area contributed by atoms with E-state index in [4.69, 9.17) is 9.99 Å². The zero-order chi connectivity index (χ0) is 18.8. The minimum atomic E-state index is -0.324. The van der Waals surface area contributed by atoms with E-state index in [2.05, 4.69) is 23.9 Å². The van der Waals surface area contributed by atoms with Gasteiger partial charge in [0, 0.05) is 16.7 Å². The number of ketones is 2. The van der Waals surface area contributed by atoms with Crippen LogP contribution in [0.1, 0.15) is 33.2 Å². The number of fused-ring (bicyclic) bond motifs is 1. The molecule has 0 aliphatic heterocycles. The minimum Gasteiger partial charge on any atom is -0.448 e. The number of Topliss-reactive ketones (excluding diaryl/α,β-unsaturated/α-hetero) is 2. The molecule has 0 unspecified atom stereocenters. The van der Waals surface area contributed by atoms with Crippen molar-refractivity contribution in [3.63, 3.8) is 0 Å². The van der Waals surface area contributed by atoms with Crippen LogP contribution in [0.2, 0.25) is 0 Å². The summed E-state index contributed by atoms with van der Waals surface area (Å²) in [6, 6.07) is 16.9. The molecular formula is C20H23O5+. The van der Waals surface area contributed by atoms with Crippen LogP contribution >= 0.6 is 0 Å². The van der Waals surface area contributed by atoms with E-state index in [1.807, 2.05) is 18.2 Å². The van der Waals surface area contributed by atoms with Crippen molar-refractivity contribution in [1.29, 1.82) is 0 Å². The van der Waals surface area contributed by atoms with Crippen molar-refractivity contribution in [1.82, 2.24) is 0 Å². The maximum absolute atomic E-state index is 11.9. The fourth-order valence-electron chi connectivity index (χ4n) is 2.19. The van der Waals surface area contributed by atoms with Gasteiger partial charge >= 0.3 is 0 Å². The normalized spacial score (nSPS) is 12.4. The van der Waals surface area contributed by atoms with E-state index in [1.165, 1.54) is 19.8 Å². The lowest BCUT2D eigenvalue weighted by molar-refractivity contribution is -0.233. The van der Waals surface area contributed by atoms with Crippen LogP contribution in [0.25, 0.3) is 0 Å². The molecule has 25 heavy (non-hydrogen) atoms. The summed E-state index contributed by atoms with van der Waals surface area (Å²) < 4.78 is 0. The minimum absolute atomic E-state index is 0.0359. The summed E-state index contributed by atoms with van der Waals surface area (Å²) in [5.41, 5.74) is 2.35. The van der Waals surface area contributed by atoms with Crippen LogP contribution in [0.5, 0.6) is 0 Å². The largest absolute Gasteiger partial charge is 0.448 e. The third-order valence-electron chi connectivity index (χ3n) is 3.41. The first-order valence-electron chi connectivity index (χ1n) is 7.68.